The van der Waals surface area contributed by atoms with Crippen molar-refractivity contribution in [2.75, 3.05) is 45.4 Å². The average molecular weight is 664 g/mol. The molecule has 8 rings (SSSR count). The van der Waals surface area contributed by atoms with Crippen LogP contribution in [0.15, 0.2) is 91.0 Å². The third-order valence-corrected chi connectivity index (χ3v) is 10.3. The van der Waals surface area contributed by atoms with Crippen LogP contribution >= 0.6 is 0 Å². The second-order valence-electron chi connectivity index (χ2n) is 13.3. The average Bonchev–Trinajstić information content (AvgIpc) is 3.38. The Morgan fingerprint density at radius 3 is 2.06 bits per heavy atom. The van der Waals surface area contributed by atoms with Gasteiger partial charge in [0.25, 0.3) is 0 Å². The highest BCUT2D eigenvalue weighted by molar-refractivity contribution is 6.09. The van der Waals surface area contributed by atoms with Gasteiger partial charge in [-0.15, -0.1) is 0 Å². The summed E-state index contributed by atoms with van der Waals surface area (Å²) in [6, 6.07) is 26.7. The maximum atomic E-state index is 14.6. The van der Waals surface area contributed by atoms with Gasteiger partial charge in [0.15, 0.2) is 17.1 Å². The van der Waals surface area contributed by atoms with Crippen LogP contribution in [0.3, 0.4) is 0 Å². The van der Waals surface area contributed by atoms with E-state index in [2.05, 4.69) is 29.2 Å². The topological polar surface area (TPSA) is 40.2 Å². The molecule has 1 aliphatic carbocycles. The van der Waals surface area contributed by atoms with Crippen LogP contribution in [-0.2, 0) is 21.9 Å². The fraction of sp³-hybridized carbons (Fsp3) is 0.268. The van der Waals surface area contributed by atoms with Crippen molar-refractivity contribution < 1.29 is 32.1 Å². The zero-order valence-corrected chi connectivity index (χ0v) is 27.8. The number of benzene rings is 5. The van der Waals surface area contributed by atoms with Gasteiger partial charge in [-0.25, -0.2) is 0 Å². The van der Waals surface area contributed by atoms with E-state index in [1.54, 1.807) is 20.3 Å². The summed E-state index contributed by atoms with van der Waals surface area (Å²) < 4.78 is 68.3. The van der Waals surface area contributed by atoms with Gasteiger partial charge in [0, 0.05) is 46.3 Å². The molecule has 0 saturated carbocycles. The smallest absolute Gasteiger partial charge is 0.416 e. The van der Waals surface area contributed by atoms with Gasteiger partial charge in [-0.1, -0.05) is 74.5 Å². The van der Waals surface area contributed by atoms with E-state index in [0.717, 1.165) is 57.4 Å². The first-order valence-corrected chi connectivity index (χ1v) is 16.4. The predicted molar refractivity (Wildman–Crippen MR) is 186 cm³/mol. The summed E-state index contributed by atoms with van der Waals surface area (Å²) in [5.41, 5.74) is 3.40. The summed E-state index contributed by atoms with van der Waals surface area (Å²) >= 11 is 0. The summed E-state index contributed by atoms with van der Waals surface area (Å²) in [7, 11) is 3.13. The van der Waals surface area contributed by atoms with E-state index in [4.69, 9.17) is 18.9 Å². The van der Waals surface area contributed by atoms with Crippen molar-refractivity contribution in [1.29, 1.82) is 0 Å². The quantitative estimate of drug-likeness (QED) is 0.188. The number of alkyl halides is 3. The predicted octanol–water partition coefficient (Wildman–Crippen LogP) is 9.37. The number of anilines is 1. The lowest BCUT2D eigenvalue weighted by molar-refractivity contribution is -0.138. The Labute approximate surface area is 283 Å². The molecule has 49 heavy (non-hydrogen) atoms. The van der Waals surface area contributed by atoms with Crippen LogP contribution in [0.1, 0.15) is 47.2 Å². The monoisotopic (exact) mass is 663 g/mol. The van der Waals surface area contributed by atoms with Crippen LogP contribution < -0.4 is 19.1 Å². The molecular weight excluding hydrogens is 627 g/mol. The number of fused-ring (bicyclic) bond motifs is 8. The van der Waals surface area contributed by atoms with Gasteiger partial charge in [-0.05, 0) is 64.0 Å². The zero-order chi connectivity index (χ0) is 34.1. The lowest BCUT2D eigenvalue weighted by atomic mass is 9.75. The number of morpholine rings is 1. The molecule has 5 nitrogen and oxygen atoms in total. The van der Waals surface area contributed by atoms with E-state index >= 15 is 0 Å². The van der Waals surface area contributed by atoms with Gasteiger partial charge in [-0.3, -0.25) is 0 Å². The lowest BCUT2D eigenvalue weighted by Crippen LogP contribution is -2.37. The molecule has 1 saturated heterocycles. The molecule has 3 aliphatic rings. The van der Waals surface area contributed by atoms with Crippen molar-refractivity contribution in [3.05, 3.63) is 124 Å². The number of hydrogen-bond acceptors (Lipinski definition) is 5. The van der Waals surface area contributed by atoms with E-state index < -0.39 is 22.8 Å². The molecule has 0 bridgehead atoms. The Balaban J connectivity index is 1.41. The van der Waals surface area contributed by atoms with Gasteiger partial charge in [0.05, 0.1) is 33.0 Å². The third kappa shape index (κ3) is 4.71. The highest BCUT2D eigenvalue weighted by Gasteiger charge is 2.48. The maximum absolute atomic E-state index is 14.6. The van der Waals surface area contributed by atoms with Crippen LogP contribution in [0.25, 0.3) is 28.0 Å². The van der Waals surface area contributed by atoms with E-state index in [9.17, 15) is 13.2 Å². The first-order valence-electron chi connectivity index (χ1n) is 16.4. The highest BCUT2D eigenvalue weighted by atomic mass is 19.4. The SMILES string of the molecule is COc1cc2c3c(c4c(c2cc1OC)-c1cccc(C(F)(F)F)c1C4(C)C)C=CC(c1ccccc1)(c1ccc(N2CCOCC2)cc1)O3. The zero-order valence-electron chi connectivity index (χ0n) is 27.8. The minimum absolute atomic E-state index is 0.258. The molecular formula is C41H36F3NO4. The number of methoxy groups -OCH3 is 2. The fourth-order valence-electron chi connectivity index (χ4n) is 8.09. The fourth-order valence-corrected chi connectivity index (χ4v) is 8.09. The van der Waals surface area contributed by atoms with Crippen LogP contribution in [0, 0.1) is 0 Å². The molecule has 2 heterocycles. The maximum Gasteiger partial charge on any atom is 0.416 e. The highest BCUT2D eigenvalue weighted by Crippen LogP contribution is 2.60. The molecule has 1 atom stereocenters. The number of halogens is 3. The summed E-state index contributed by atoms with van der Waals surface area (Å²) in [5.74, 6) is 1.56. The van der Waals surface area contributed by atoms with Crippen LogP contribution in [0.5, 0.6) is 17.2 Å². The van der Waals surface area contributed by atoms with E-state index in [-0.39, 0.29) is 5.56 Å². The molecule has 0 aromatic heterocycles. The summed E-state index contributed by atoms with van der Waals surface area (Å²) in [6.07, 6.45) is -0.438. The molecule has 0 amide bonds. The van der Waals surface area contributed by atoms with E-state index in [0.29, 0.717) is 36.0 Å². The molecule has 2 aliphatic heterocycles. The number of hydrogen-bond donors (Lipinski definition) is 0. The van der Waals surface area contributed by atoms with Crippen LogP contribution in [-0.4, -0.2) is 40.5 Å². The van der Waals surface area contributed by atoms with Crippen molar-refractivity contribution in [1.82, 2.24) is 0 Å². The van der Waals surface area contributed by atoms with Crippen LogP contribution in [0.4, 0.5) is 18.9 Å². The van der Waals surface area contributed by atoms with Crippen molar-refractivity contribution in [2.45, 2.75) is 31.0 Å². The standard InChI is InChI=1S/C41H36F3NO4/c1-39(2)36-28(11-8-12-32(36)41(42,43)44)35-30-23-33(46-3)34(47-4)24-31(30)38-29(37(35)39)17-18-40(49-38,25-9-6-5-7-10-25)26-13-15-27(16-14-26)45-19-21-48-22-20-45/h5-18,23-24H,19-22H2,1-4H3. The molecule has 0 N–H and O–H groups in total. The molecule has 1 fully saturated rings. The number of nitrogens with zero attached hydrogens (tertiary/aromatic N) is 1. The van der Waals surface area contributed by atoms with Gasteiger partial charge >= 0.3 is 6.18 Å². The van der Waals surface area contributed by atoms with Crippen LogP contribution in [0.2, 0.25) is 0 Å². The Morgan fingerprint density at radius 1 is 0.755 bits per heavy atom. The lowest BCUT2D eigenvalue weighted by Gasteiger charge is -2.39. The van der Waals surface area contributed by atoms with Crippen molar-refractivity contribution in [3.8, 4) is 28.4 Å². The van der Waals surface area contributed by atoms with Crippen molar-refractivity contribution in [2.24, 2.45) is 0 Å². The van der Waals surface area contributed by atoms with Crippen molar-refractivity contribution >= 4 is 22.5 Å². The Bertz CT molecular complexity index is 2120. The van der Waals surface area contributed by atoms with Gasteiger partial charge in [0.1, 0.15) is 5.75 Å². The Kier molecular flexibility index (Phi) is 7.23. The second-order valence-corrected chi connectivity index (χ2v) is 13.3. The van der Waals surface area contributed by atoms with E-state index in [1.165, 1.54) is 12.1 Å². The van der Waals surface area contributed by atoms with E-state index in [1.807, 2.05) is 68.5 Å². The molecule has 1 unspecified atom stereocenters. The third-order valence-electron chi connectivity index (χ3n) is 10.3. The molecule has 5 aromatic rings. The molecule has 250 valence electrons. The first-order chi connectivity index (χ1) is 23.6. The Morgan fingerprint density at radius 2 is 1.41 bits per heavy atom. The Hall–Kier alpha value is -4.95. The first kappa shape index (κ1) is 31.3. The normalized spacial score (nSPS) is 19.2. The molecule has 8 heteroatoms. The second kappa shape index (κ2) is 11.3. The largest absolute Gasteiger partial charge is 0.493 e. The van der Waals surface area contributed by atoms with Gasteiger partial charge < -0.3 is 23.8 Å². The minimum Gasteiger partial charge on any atom is -0.493 e. The van der Waals surface area contributed by atoms with Gasteiger partial charge in [-0.2, -0.15) is 13.2 Å². The molecule has 5 aromatic carbocycles. The minimum atomic E-state index is -4.52. The number of ether oxygens (including phenoxy) is 4. The summed E-state index contributed by atoms with van der Waals surface area (Å²) in [6.45, 7) is 6.77. The summed E-state index contributed by atoms with van der Waals surface area (Å²) in [5, 5.41) is 1.46. The number of rotatable bonds is 5. The van der Waals surface area contributed by atoms with Gasteiger partial charge in [0.2, 0.25) is 0 Å². The van der Waals surface area contributed by atoms with Crippen molar-refractivity contribution in [3.63, 3.8) is 0 Å². The molecule has 0 radical (unpaired) electrons. The summed E-state index contributed by atoms with van der Waals surface area (Å²) in [4.78, 5) is 2.31. The molecule has 0 spiro atoms.